The highest BCUT2D eigenvalue weighted by Crippen LogP contribution is 2.44. The van der Waals surface area contributed by atoms with Crippen LogP contribution in [0.4, 0.5) is 18.0 Å². The molecule has 2 N–H and O–H groups in total. The van der Waals surface area contributed by atoms with Gasteiger partial charge >= 0.3 is 18.2 Å². The van der Waals surface area contributed by atoms with Crippen LogP contribution in [0, 0.1) is 0 Å². The van der Waals surface area contributed by atoms with Gasteiger partial charge in [-0.05, 0) is 45.5 Å². The zero-order chi connectivity index (χ0) is 28.4. The maximum atomic E-state index is 12.9. The Morgan fingerprint density at radius 2 is 1.48 bits per heavy atom. The molecule has 5 nitrogen and oxygen atoms in total. The van der Waals surface area contributed by atoms with Gasteiger partial charge in [-0.2, -0.15) is 13.2 Å². The van der Waals surface area contributed by atoms with Gasteiger partial charge in [-0.15, -0.1) is 0 Å². The van der Waals surface area contributed by atoms with Crippen LogP contribution in [-0.2, 0) is 22.1 Å². The third-order valence-corrected chi connectivity index (χ3v) is 7.25. The third-order valence-electron chi connectivity index (χ3n) is 6.94. The van der Waals surface area contributed by atoms with Gasteiger partial charge in [0.2, 0.25) is 0 Å². The molecule has 0 saturated carbocycles. The third kappa shape index (κ3) is 5.67. The second-order valence-electron chi connectivity index (χ2n) is 9.45. The lowest BCUT2D eigenvalue weighted by atomic mass is 9.98. The molecule has 4 aromatic carbocycles. The van der Waals surface area contributed by atoms with E-state index in [1.165, 1.54) is 6.07 Å². The van der Waals surface area contributed by atoms with Crippen LogP contribution in [0.5, 0.6) is 0 Å². The van der Waals surface area contributed by atoms with Crippen LogP contribution in [0.2, 0.25) is 5.02 Å². The lowest BCUT2D eigenvalue weighted by Gasteiger charge is -2.18. The topological polar surface area (TPSA) is 75.6 Å². The molecule has 0 aromatic heterocycles. The molecule has 4 aromatic rings. The summed E-state index contributed by atoms with van der Waals surface area (Å²) < 4.78 is 44.3. The molecule has 1 aliphatic rings. The van der Waals surface area contributed by atoms with Crippen molar-refractivity contribution in [3.8, 4) is 22.3 Å². The van der Waals surface area contributed by atoms with E-state index in [2.05, 4.69) is 5.32 Å². The normalized spacial score (nSPS) is 13.3. The van der Waals surface area contributed by atoms with Crippen LogP contribution in [0.1, 0.15) is 28.2 Å². The van der Waals surface area contributed by atoms with E-state index in [-0.39, 0.29) is 24.0 Å². The maximum absolute atomic E-state index is 12.9. The summed E-state index contributed by atoms with van der Waals surface area (Å²) >= 11 is 6.09. The van der Waals surface area contributed by atoms with Crippen LogP contribution in [0.15, 0.2) is 91.0 Å². The first-order chi connectivity index (χ1) is 19.1. The van der Waals surface area contributed by atoms with Crippen molar-refractivity contribution in [2.24, 2.45) is 0 Å². The molecule has 204 valence electrons. The Labute approximate surface area is 233 Å². The minimum absolute atomic E-state index is 0.0272. The standard InChI is InChI=1S/C31H23ClF3NO4/c32-27-16-20(31(33,34)35)13-14-21(27)19-11-9-18(10-12-19)15-28(29(37)38)36-30(39)40-17-26-24-7-3-1-5-22(24)23-6-2-4-8-25(23)26/h1-14,16,26,28H,15,17H2,(H,36,39)(H,37,38)/t28-/m0/s1. The number of amides is 1. The van der Waals surface area contributed by atoms with Gasteiger partial charge in [0.05, 0.1) is 5.56 Å². The first-order valence-electron chi connectivity index (χ1n) is 12.4. The SMILES string of the molecule is O=C(N[C@@H](Cc1ccc(-c2ccc(C(F)(F)F)cc2Cl)cc1)C(=O)O)OCC1c2ccccc2-c2ccccc21. The number of nitrogens with one attached hydrogen (secondary N) is 1. The van der Waals surface area contributed by atoms with Gasteiger partial charge in [0.1, 0.15) is 12.6 Å². The van der Waals surface area contributed by atoms with Crippen molar-refractivity contribution in [2.75, 3.05) is 6.61 Å². The molecule has 0 radical (unpaired) electrons. The Kier molecular flexibility index (Phi) is 7.54. The van der Waals surface area contributed by atoms with E-state index < -0.39 is 29.8 Å². The number of halogens is 4. The first kappa shape index (κ1) is 27.3. The van der Waals surface area contributed by atoms with Crippen molar-refractivity contribution < 1.29 is 32.6 Å². The Bertz CT molecular complexity index is 1520. The van der Waals surface area contributed by atoms with Gasteiger partial charge in [-0.3, -0.25) is 0 Å². The fraction of sp³-hybridized carbons (Fsp3) is 0.161. The molecule has 5 rings (SSSR count). The average Bonchev–Trinajstić information content (AvgIpc) is 3.25. The van der Waals surface area contributed by atoms with E-state index in [9.17, 15) is 27.9 Å². The molecule has 0 saturated heterocycles. The smallest absolute Gasteiger partial charge is 0.416 e. The van der Waals surface area contributed by atoms with Crippen molar-refractivity contribution in [2.45, 2.75) is 24.6 Å². The summed E-state index contributed by atoms with van der Waals surface area (Å²) in [5, 5.41) is 12.1. The molecule has 0 bridgehead atoms. The number of alkyl halides is 3. The van der Waals surface area contributed by atoms with Crippen molar-refractivity contribution in [3.63, 3.8) is 0 Å². The molecule has 9 heteroatoms. The Morgan fingerprint density at radius 1 is 0.875 bits per heavy atom. The fourth-order valence-corrected chi connectivity index (χ4v) is 5.25. The van der Waals surface area contributed by atoms with E-state index in [0.29, 0.717) is 16.7 Å². The number of alkyl carbamates (subject to hydrolysis) is 1. The van der Waals surface area contributed by atoms with Gasteiger partial charge in [-0.25, -0.2) is 9.59 Å². The molecule has 40 heavy (non-hydrogen) atoms. The number of carbonyl (C=O) groups is 2. The maximum Gasteiger partial charge on any atom is 0.416 e. The highest BCUT2D eigenvalue weighted by molar-refractivity contribution is 6.33. The van der Waals surface area contributed by atoms with E-state index in [1.807, 2.05) is 48.5 Å². The molecule has 1 atom stereocenters. The van der Waals surface area contributed by atoms with E-state index >= 15 is 0 Å². The van der Waals surface area contributed by atoms with Crippen LogP contribution in [-0.4, -0.2) is 29.8 Å². The van der Waals surface area contributed by atoms with E-state index in [0.717, 1.165) is 34.4 Å². The average molecular weight is 566 g/mol. The van der Waals surface area contributed by atoms with E-state index in [1.54, 1.807) is 24.3 Å². The highest BCUT2D eigenvalue weighted by Gasteiger charge is 2.31. The number of hydrogen-bond donors (Lipinski definition) is 2. The summed E-state index contributed by atoms with van der Waals surface area (Å²) in [6, 6.07) is 24.2. The molecular formula is C31H23ClF3NO4. The molecule has 0 unspecified atom stereocenters. The predicted molar refractivity (Wildman–Crippen MR) is 145 cm³/mol. The van der Waals surface area contributed by atoms with Gasteiger partial charge in [0.25, 0.3) is 0 Å². The number of aliphatic carboxylic acids is 1. The fourth-order valence-electron chi connectivity index (χ4n) is 4.96. The molecular weight excluding hydrogens is 543 g/mol. The van der Waals surface area contributed by atoms with Gasteiger partial charge in [-0.1, -0.05) is 90.5 Å². The van der Waals surface area contributed by atoms with Crippen LogP contribution in [0.25, 0.3) is 22.3 Å². The van der Waals surface area contributed by atoms with Crippen molar-refractivity contribution >= 4 is 23.7 Å². The number of rotatable bonds is 7. The summed E-state index contributed by atoms with van der Waals surface area (Å²) in [6.45, 7) is 0.0504. The lowest BCUT2D eigenvalue weighted by molar-refractivity contribution is -0.139. The second kappa shape index (κ2) is 11.1. The summed E-state index contributed by atoms with van der Waals surface area (Å²) in [5.74, 6) is -1.39. The Balaban J connectivity index is 1.23. The highest BCUT2D eigenvalue weighted by atomic mass is 35.5. The zero-order valence-electron chi connectivity index (χ0n) is 20.9. The number of carboxylic acids is 1. The monoisotopic (exact) mass is 565 g/mol. The summed E-state index contributed by atoms with van der Waals surface area (Å²) in [5.41, 5.74) is 4.97. The van der Waals surface area contributed by atoms with Crippen molar-refractivity contribution in [3.05, 3.63) is 118 Å². The summed E-state index contributed by atoms with van der Waals surface area (Å²) in [6.07, 6.45) is -5.37. The van der Waals surface area contributed by atoms with Gasteiger partial charge in [0.15, 0.2) is 0 Å². The van der Waals surface area contributed by atoms with Gasteiger partial charge < -0.3 is 15.2 Å². The molecule has 1 aliphatic carbocycles. The Morgan fingerprint density at radius 3 is 2.02 bits per heavy atom. The van der Waals surface area contributed by atoms with Gasteiger partial charge in [0, 0.05) is 22.9 Å². The molecule has 0 aliphatic heterocycles. The minimum atomic E-state index is -4.50. The minimum Gasteiger partial charge on any atom is -0.480 e. The quantitative estimate of drug-likeness (QED) is 0.242. The predicted octanol–water partition coefficient (Wildman–Crippen LogP) is 7.56. The molecule has 0 spiro atoms. The summed E-state index contributed by atoms with van der Waals surface area (Å²) in [4.78, 5) is 24.5. The first-order valence-corrected chi connectivity index (χ1v) is 12.8. The van der Waals surface area contributed by atoms with Crippen LogP contribution < -0.4 is 5.32 Å². The number of carboxylic acid groups (broad SMARTS) is 1. The molecule has 0 heterocycles. The largest absolute Gasteiger partial charge is 0.480 e. The van der Waals surface area contributed by atoms with Crippen LogP contribution in [0.3, 0.4) is 0 Å². The lowest BCUT2D eigenvalue weighted by Crippen LogP contribution is -2.42. The number of ether oxygens (including phenoxy) is 1. The number of hydrogen-bond acceptors (Lipinski definition) is 3. The number of fused-ring (bicyclic) bond motifs is 3. The number of benzene rings is 4. The molecule has 0 fully saturated rings. The second-order valence-corrected chi connectivity index (χ2v) is 9.86. The van der Waals surface area contributed by atoms with Crippen molar-refractivity contribution in [1.29, 1.82) is 0 Å². The zero-order valence-corrected chi connectivity index (χ0v) is 21.7. The molecule has 1 amide bonds. The van der Waals surface area contributed by atoms with Crippen LogP contribution >= 0.6 is 11.6 Å². The van der Waals surface area contributed by atoms with E-state index in [4.69, 9.17) is 16.3 Å². The Hall–Kier alpha value is -4.30. The summed E-state index contributed by atoms with van der Waals surface area (Å²) in [7, 11) is 0. The number of carbonyl (C=O) groups excluding carboxylic acids is 1. The van der Waals surface area contributed by atoms with Crippen molar-refractivity contribution in [1.82, 2.24) is 5.32 Å².